The van der Waals surface area contributed by atoms with E-state index < -0.39 is 11.8 Å². The molecule has 11 heteroatoms. The summed E-state index contributed by atoms with van der Waals surface area (Å²) in [5, 5.41) is 0. The summed E-state index contributed by atoms with van der Waals surface area (Å²) in [4.78, 5) is 34.2. The van der Waals surface area contributed by atoms with Crippen LogP contribution in [0, 0.1) is 0 Å². The fraction of sp³-hybridized carbons (Fsp3) is 0.483. The first kappa shape index (κ1) is 33.0. The summed E-state index contributed by atoms with van der Waals surface area (Å²) in [7, 11) is 0. The number of esters is 1. The lowest BCUT2D eigenvalue weighted by Crippen LogP contribution is -2.20. The molecule has 0 saturated carbocycles. The van der Waals surface area contributed by atoms with Gasteiger partial charge in [0.2, 0.25) is 0 Å². The van der Waals surface area contributed by atoms with E-state index in [-0.39, 0.29) is 13.2 Å². The molecule has 0 N–H and O–H groups in total. The summed E-state index contributed by atoms with van der Waals surface area (Å²) in [6.45, 7) is 5.38. The van der Waals surface area contributed by atoms with Crippen molar-refractivity contribution in [1.82, 2.24) is 0 Å². The third-order valence-electron chi connectivity index (χ3n) is 5.05. The molecule has 0 bridgehead atoms. The first-order valence-electron chi connectivity index (χ1n) is 13.1. The second kappa shape index (κ2) is 22.6. The zero-order valence-corrected chi connectivity index (χ0v) is 22.7. The Bertz CT molecular complexity index is 935. The summed E-state index contributed by atoms with van der Waals surface area (Å²) in [5.74, 6) is -0.883. The minimum atomic E-state index is -0.899. The summed E-state index contributed by atoms with van der Waals surface area (Å²) >= 11 is 0. The molecule has 0 radical (unpaired) electrons. The van der Waals surface area contributed by atoms with Gasteiger partial charge in [0.15, 0.2) is 0 Å². The number of carbonyl (C=O) groups is 3. The average molecular weight is 563 g/mol. The highest BCUT2D eigenvalue weighted by atomic mass is 16.6. The molecule has 0 aliphatic carbocycles. The van der Waals surface area contributed by atoms with E-state index in [2.05, 4.69) is 0 Å². The standard InChI is InChI=1S/C29H38O11/c30-24-25-6-8-27(9-7-25)39-22-20-37-18-16-35-14-12-33-10-11-34-13-15-36-17-19-38-21-23-40-29(32)28(31)26-4-2-1-3-5-26/h1-9,24H,10-23H2. The van der Waals surface area contributed by atoms with Crippen LogP contribution in [0.1, 0.15) is 20.7 Å². The summed E-state index contributed by atoms with van der Waals surface area (Å²) < 4.78 is 42.8. The van der Waals surface area contributed by atoms with Crippen LogP contribution >= 0.6 is 0 Å². The summed E-state index contributed by atoms with van der Waals surface area (Å²) in [6, 6.07) is 15.1. The van der Waals surface area contributed by atoms with E-state index in [4.69, 9.17) is 37.9 Å². The fourth-order valence-electron chi connectivity index (χ4n) is 3.03. The molecule has 0 spiro atoms. The minimum absolute atomic E-state index is 0.00383. The maximum atomic E-state index is 11.9. The van der Waals surface area contributed by atoms with Gasteiger partial charge in [0, 0.05) is 11.1 Å². The topological polar surface area (TPSA) is 125 Å². The maximum absolute atomic E-state index is 11.9. The predicted molar refractivity (Wildman–Crippen MR) is 144 cm³/mol. The van der Waals surface area contributed by atoms with Crippen LogP contribution < -0.4 is 4.74 Å². The third kappa shape index (κ3) is 16.0. The van der Waals surface area contributed by atoms with Gasteiger partial charge in [0.25, 0.3) is 5.78 Å². The number of ketones is 1. The molecule has 220 valence electrons. The zero-order chi connectivity index (χ0) is 28.5. The molecular weight excluding hydrogens is 524 g/mol. The SMILES string of the molecule is O=Cc1ccc(OCCOCCOCCOCCOCCOCCOCCOC(=O)C(=O)c2ccccc2)cc1. The Labute approximate surface area is 234 Å². The van der Waals surface area contributed by atoms with Gasteiger partial charge < -0.3 is 37.9 Å². The predicted octanol–water partition coefficient (Wildman–Crippen LogP) is 2.40. The number of ether oxygens (including phenoxy) is 8. The van der Waals surface area contributed by atoms with Crippen LogP contribution in [0.25, 0.3) is 0 Å². The first-order valence-corrected chi connectivity index (χ1v) is 13.1. The van der Waals surface area contributed by atoms with E-state index in [1.807, 2.05) is 0 Å². The number of hydrogen-bond acceptors (Lipinski definition) is 11. The normalized spacial score (nSPS) is 10.8. The van der Waals surface area contributed by atoms with E-state index in [9.17, 15) is 14.4 Å². The highest BCUT2D eigenvalue weighted by Gasteiger charge is 2.17. The minimum Gasteiger partial charge on any atom is -0.491 e. The second-order valence-electron chi connectivity index (χ2n) is 8.04. The van der Waals surface area contributed by atoms with Crippen LogP contribution in [-0.4, -0.2) is 111 Å². The molecule has 0 fully saturated rings. The highest BCUT2D eigenvalue weighted by Crippen LogP contribution is 2.10. The van der Waals surface area contributed by atoms with E-state index in [1.165, 1.54) is 0 Å². The lowest BCUT2D eigenvalue weighted by molar-refractivity contribution is -0.139. The largest absolute Gasteiger partial charge is 0.491 e. The third-order valence-corrected chi connectivity index (χ3v) is 5.05. The molecule has 2 rings (SSSR count). The van der Waals surface area contributed by atoms with Crippen molar-refractivity contribution in [2.24, 2.45) is 0 Å². The van der Waals surface area contributed by atoms with E-state index in [0.29, 0.717) is 96.2 Å². The van der Waals surface area contributed by atoms with Crippen molar-refractivity contribution in [3.05, 3.63) is 65.7 Å². The monoisotopic (exact) mass is 562 g/mol. The number of benzene rings is 2. The second-order valence-corrected chi connectivity index (χ2v) is 8.04. The Balaban J connectivity index is 1.24. The van der Waals surface area contributed by atoms with Crippen LogP contribution in [-0.2, 0) is 38.0 Å². The summed E-state index contributed by atoms with van der Waals surface area (Å²) in [6.07, 6.45) is 0.789. The van der Waals surface area contributed by atoms with E-state index >= 15 is 0 Å². The van der Waals surface area contributed by atoms with Gasteiger partial charge in [-0.1, -0.05) is 30.3 Å². The Hall–Kier alpha value is -3.19. The van der Waals surface area contributed by atoms with Gasteiger partial charge in [0.05, 0.1) is 79.3 Å². The fourth-order valence-corrected chi connectivity index (χ4v) is 3.03. The Kier molecular flexibility index (Phi) is 18.7. The molecular formula is C29H38O11. The quantitative estimate of drug-likeness (QED) is 0.0582. The van der Waals surface area contributed by atoms with Gasteiger partial charge in [-0.15, -0.1) is 0 Å². The van der Waals surface area contributed by atoms with Crippen molar-refractivity contribution in [3.63, 3.8) is 0 Å². The van der Waals surface area contributed by atoms with Gasteiger partial charge >= 0.3 is 5.97 Å². The molecule has 2 aromatic rings. The molecule has 11 nitrogen and oxygen atoms in total. The highest BCUT2D eigenvalue weighted by molar-refractivity contribution is 6.40. The molecule has 0 unspecified atom stereocenters. The lowest BCUT2D eigenvalue weighted by atomic mass is 10.1. The molecule has 0 aliphatic heterocycles. The Morgan fingerprint density at radius 1 is 0.525 bits per heavy atom. The number of carbonyl (C=O) groups excluding carboxylic acids is 3. The number of Topliss-reactive ketones (excluding diaryl/α,β-unsaturated/α-hetero) is 1. The molecule has 0 heterocycles. The van der Waals surface area contributed by atoms with Crippen molar-refractivity contribution < 1.29 is 52.3 Å². The number of rotatable bonds is 25. The number of hydrogen-bond donors (Lipinski definition) is 0. The van der Waals surface area contributed by atoms with Crippen molar-refractivity contribution in [3.8, 4) is 5.75 Å². The van der Waals surface area contributed by atoms with Gasteiger partial charge in [-0.05, 0) is 24.3 Å². The van der Waals surface area contributed by atoms with E-state index in [1.54, 1.807) is 54.6 Å². The molecule has 0 saturated heterocycles. The molecule has 0 atom stereocenters. The Morgan fingerprint density at radius 2 is 0.950 bits per heavy atom. The Morgan fingerprint density at radius 3 is 1.40 bits per heavy atom. The van der Waals surface area contributed by atoms with Crippen molar-refractivity contribution in [1.29, 1.82) is 0 Å². The molecule has 40 heavy (non-hydrogen) atoms. The smallest absolute Gasteiger partial charge is 0.379 e. The van der Waals surface area contributed by atoms with Gasteiger partial charge in [-0.25, -0.2) is 4.79 Å². The van der Waals surface area contributed by atoms with Crippen LogP contribution in [0.5, 0.6) is 5.75 Å². The van der Waals surface area contributed by atoms with Crippen LogP contribution in [0.2, 0.25) is 0 Å². The number of aldehydes is 1. The van der Waals surface area contributed by atoms with Gasteiger partial charge in [-0.2, -0.15) is 0 Å². The maximum Gasteiger partial charge on any atom is 0.379 e. The van der Waals surface area contributed by atoms with Crippen LogP contribution in [0.4, 0.5) is 0 Å². The van der Waals surface area contributed by atoms with Crippen molar-refractivity contribution >= 4 is 18.0 Å². The lowest BCUT2D eigenvalue weighted by Gasteiger charge is -2.09. The average Bonchev–Trinajstić information content (AvgIpc) is 3.00. The van der Waals surface area contributed by atoms with Crippen molar-refractivity contribution in [2.75, 3.05) is 92.5 Å². The summed E-state index contributed by atoms with van der Waals surface area (Å²) in [5.41, 5.74) is 0.903. The van der Waals surface area contributed by atoms with Crippen LogP contribution in [0.3, 0.4) is 0 Å². The van der Waals surface area contributed by atoms with Crippen molar-refractivity contribution in [2.45, 2.75) is 0 Å². The van der Waals surface area contributed by atoms with Crippen LogP contribution in [0.15, 0.2) is 54.6 Å². The first-order chi connectivity index (χ1) is 19.7. The zero-order valence-electron chi connectivity index (χ0n) is 22.7. The molecule has 0 amide bonds. The molecule has 2 aromatic carbocycles. The van der Waals surface area contributed by atoms with Gasteiger partial charge in [0.1, 0.15) is 25.2 Å². The molecule has 0 aliphatic rings. The molecule has 0 aromatic heterocycles. The van der Waals surface area contributed by atoms with Gasteiger partial charge in [-0.3, -0.25) is 9.59 Å². The van der Waals surface area contributed by atoms with E-state index in [0.717, 1.165) is 6.29 Å².